The number of rotatable bonds is 3. The topological polar surface area (TPSA) is 35.2 Å². The maximum atomic E-state index is 5.93. The lowest BCUT2D eigenvalue weighted by Crippen LogP contribution is -2.21. The van der Waals surface area contributed by atoms with E-state index in [2.05, 4.69) is 0 Å². The van der Waals surface area contributed by atoms with E-state index in [1.807, 2.05) is 0 Å². The van der Waals surface area contributed by atoms with Gasteiger partial charge in [0.25, 0.3) is 0 Å². The molecule has 2 aliphatic carbocycles. The second kappa shape index (κ2) is 5.13. The fourth-order valence-corrected chi connectivity index (χ4v) is 2.75. The van der Waals surface area contributed by atoms with E-state index >= 15 is 0 Å². The summed E-state index contributed by atoms with van der Waals surface area (Å²) in [7, 11) is 0. The first-order valence-electron chi connectivity index (χ1n) is 6.22. The zero-order chi connectivity index (χ0) is 9.80. The Morgan fingerprint density at radius 3 is 2.43 bits per heavy atom. The molecule has 0 radical (unpaired) electrons. The molecule has 0 aromatic heterocycles. The number of ether oxygens (including phenoxy) is 1. The number of nitrogens with two attached hydrogens (primary N) is 1. The molecule has 0 aliphatic heterocycles. The summed E-state index contributed by atoms with van der Waals surface area (Å²) in [5.74, 6) is 0.848. The highest BCUT2D eigenvalue weighted by Crippen LogP contribution is 2.26. The van der Waals surface area contributed by atoms with Crippen molar-refractivity contribution >= 4 is 0 Å². The second-order valence-corrected chi connectivity index (χ2v) is 5.03. The van der Waals surface area contributed by atoms with Crippen LogP contribution in [0, 0.1) is 5.92 Å². The normalized spacial score (nSPS) is 34.9. The summed E-state index contributed by atoms with van der Waals surface area (Å²) in [4.78, 5) is 0. The molecule has 0 amide bonds. The van der Waals surface area contributed by atoms with E-state index in [1.54, 1.807) is 0 Å². The predicted molar refractivity (Wildman–Crippen MR) is 58.1 cm³/mol. The summed E-state index contributed by atoms with van der Waals surface area (Å²) in [6.07, 6.45) is 11.0. The van der Waals surface area contributed by atoms with E-state index in [4.69, 9.17) is 10.5 Å². The van der Waals surface area contributed by atoms with Gasteiger partial charge in [0.15, 0.2) is 0 Å². The smallest absolute Gasteiger partial charge is 0.0590 e. The van der Waals surface area contributed by atoms with Crippen LogP contribution in [0.5, 0.6) is 0 Å². The standard InChI is InChI=1S/C12H23NO/c13-11-6-7-12(8-11)14-9-10-4-2-1-3-5-10/h10-12H,1-9,13H2. The van der Waals surface area contributed by atoms with Crippen LogP contribution in [0.25, 0.3) is 0 Å². The minimum atomic E-state index is 0.409. The zero-order valence-electron chi connectivity index (χ0n) is 9.08. The molecule has 2 fully saturated rings. The van der Waals surface area contributed by atoms with Crippen LogP contribution in [0.3, 0.4) is 0 Å². The third kappa shape index (κ3) is 2.96. The first-order valence-corrected chi connectivity index (χ1v) is 6.22. The van der Waals surface area contributed by atoms with Gasteiger partial charge in [-0.25, -0.2) is 0 Å². The molecule has 2 nitrogen and oxygen atoms in total. The molecule has 2 aliphatic rings. The maximum absolute atomic E-state index is 5.93. The number of hydrogen-bond acceptors (Lipinski definition) is 2. The minimum Gasteiger partial charge on any atom is -0.378 e. The van der Waals surface area contributed by atoms with Gasteiger partial charge in [0, 0.05) is 12.6 Å². The van der Waals surface area contributed by atoms with Crippen LogP contribution in [0.1, 0.15) is 51.4 Å². The van der Waals surface area contributed by atoms with Crippen molar-refractivity contribution in [3.8, 4) is 0 Å². The molecule has 2 unspecified atom stereocenters. The summed E-state index contributed by atoms with van der Waals surface area (Å²) in [5.41, 5.74) is 5.85. The Morgan fingerprint density at radius 2 is 1.79 bits per heavy atom. The first-order chi connectivity index (χ1) is 6.84. The molecule has 0 saturated heterocycles. The Bertz CT molecular complexity index is 161. The van der Waals surface area contributed by atoms with Gasteiger partial charge in [0.2, 0.25) is 0 Å². The molecule has 2 heteroatoms. The van der Waals surface area contributed by atoms with Gasteiger partial charge in [0.05, 0.1) is 6.10 Å². The molecule has 2 atom stereocenters. The van der Waals surface area contributed by atoms with Crippen molar-refractivity contribution < 1.29 is 4.74 Å². The quantitative estimate of drug-likeness (QED) is 0.754. The molecule has 0 aromatic rings. The maximum Gasteiger partial charge on any atom is 0.0590 e. The summed E-state index contributed by atoms with van der Waals surface area (Å²) in [5, 5.41) is 0. The predicted octanol–water partition coefficient (Wildman–Crippen LogP) is 2.46. The summed E-state index contributed by atoms with van der Waals surface area (Å²) in [6, 6.07) is 0.409. The van der Waals surface area contributed by atoms with Crippen LogP contribution in [0.2, 0.25) is 0 Å². The van der Waals surface area contributed by atoms with Gasteiger partial charge in [-0.05, 0) is 38.0 Å². The van der Waals surface area contributed by atoms with E-state index < -0.39 is 0 Å². The van der Waals surface area contributed by atoms with Crippen LogP contribution in [-0.2, 0) is 4.74 Å². The fraction of sp³-hybridized carbons (Fsp3) is 1.00. The van der Waals surface area contributed by atoms with Gasteiger partial charge in [-0.2, -0.15) is 0 Å². The van der Waals surface area contributed by atoms with Crippen molar-refractivity contribution in [3.05, 3.63) is 0 Å². The van der Waals surface area contributed by atoms with Gasteiger partial charge in [-0.1, -0.05) is 19.3 Å². The Kier molecular flexibility index (Phi) is 3.82. The molecular weight excluding hydrogens is 174 g/mol. The number of hydrogen-bond donors (Lipinski definition) is 1. The molecule has 0 heterocycles. The molecule has 2 N–H and O–H groups in total. The van der Waals surface area contributed by atoms with Crippen molar-refractivity contribution in [2.45, 2.75) is 63.5 Å². The summed E-state index contributed by atoms with van der Waals surface area (Å²) >= 11 is 0. The van der Waals surface area contributed by atoms with Crippen molar-refractivity contribution in [3.63, 3.8) is 0 Å². The average molecular weight is 197 g/mol. The van der Waals surface area contributed by atoms with Crippen LogP contribution >= 0.6 is 0 Å². The third-order valence-corrected chi connectivity index (χ3v) is 3.72. The molecule has 0 aromatic carbocycles. The van der Waals surface area contributed by atoms with E-state index in [0.29, 0.717) is 12.1 Å². The Balaban J connectivity index is 1.61. The Morgan fingerprint density at radius 1 is 1.00 bits per heavy atom. The van der Waals surface area contributed by atoms with Crippen molar-refractivity contribution in [2.24, 2.45) is 11.7 Å². The highest BCUT2D eigenvalue weighted by atomic mass is 16.5. The lowest BCUT2D eigenvalue weighted by atomic mass is 9.90. The van der Waals surface area contributed by atoms with E-state index in [9.17, 15) is 0 Å². The van der Waals surface area contributed by atoms with Crippen molar-refractivity contribution in [2.75, 3.05) is 6.61 Å². The van der Waals surface area contributed by atoms with Crippen LogP contribution in [0.4, 0.5) is 0 Å². The van der Waals surface area contributed by atoms with Crippen molar-refractivity contribution in [1.29, 1.82) is 0 Å². The molecule has 0 spiro atoms. The average Bonchev–Trinajstić information content (AvgIpc) is 2.63. The van der Waals surface area contributed by atoms with Crippen LogP contribution < -0.4 is 5.73 Å². The molecule has 14 heavy (non-hydrogen) atoms. The lowest BCUT2D eigenvalue weighted by Gasteiger charge is -2.23. The molecule has 0 bridgehead atoms. The third-order valence-electron chi connectivity index (χ3n) is 3.72. The van der Waals surface area contributed by atoms with Gasteiger partial charge in [-0.3, -0.25) is 0 Å². The SMILES string of the molecule is NC1CCC(OCC2CCCCC2)C1. The largest absolute Gasteiger partial charge is 0.378 e. The highest BCUT2D eigenvalue weighted by Gasteiger charge is 2.23. The molecule has 2 saturated carbocycles. The second-order valence-electron chi connectivity index (χ2n) is 5.03. The Labute approximate surface area is 87.2 Å². The van der Waals surface area contributed by atoms with Crippen LogP contribution in [0.15, 0.2) is 0 Å². The van der Waals surface area contributed by atoms with E-state index in [-0.39, 0.29) is 0 Å². The monoisotopic (exact) mass is 197 g/mol. The summed E-state index contributed by atoms with van der Waals surface area (Å²) < 4.78 is 5.93. The first kappa shape index (κ1) is 10.4. The van der Waals surface area contributed by atoms with E-state index in [0.717, 1.165) is 25.4 Å². The van der Waals surface area contributed by atoms with Gasteiger partial charge < -0.3 is 10.5 Å². The zero-order valence-corrected chi connectivity index (χ0v) is 9.08. The highest BCUT2D eigenvalue weighted by molar-refractivity contribution is 4.78. The van der Waals surface area contributed by atoms with Gasteiger partial charge >= 0.3 is 0 Å². The fourth-order valence-electron chi connectivity index (χ4n) is 2.75. The summed E-state index contributed by atoms with van der Waals surface area (Å²) in [6.45, 7) is 0.997. The van der Waals surface area contributed by atoms with Gasteiger partial charge in [-0.15, -0.1) is 0 Å². The minimum absolute atomic E-state index is 0.409. The Hall–Kier alpha value is -0.0800. The van der Waals surface area contributed by atoms with E-state index in [1.165, 1.54) is 38.5 Å². The van der Waals surface area contributed by atoms with Crippen LogP contribution in [-0.4, -0.2) is 18.8 Å². The van der Waals surface area contributed by atoms with Crippen molar-refractivity contribution in [1.82, 2.24) is 0 Å². The van der Waals surface area contributed by atoms with Gasteiger partial charge in [0.1, 0.15) is 0 Å². The lowest BCUT2D eigenvalue weighted by molar-refractivity contribution is 0.0243. The molecule has 82 valence electrons. The molecular formula is C12H23NO. The molecule has 2 rings (SSSR count).